The molecule has 3 nitrogen and oxygen atoms in total. The molecule has 0 radical (unpaired) electrons. The second kappa shape index (κ2) is 4.01. The minimum atomic E-state index is 0.112. The summed E-state index contributed by atoms with van der Waals surface area (Å²) in [5, 5.41) is 12.7. The number of hydrogen-bond acceptors (Lipinski definition) is 2. The normalized spacial score (nSPS) is 10.3. The molecule has 0 atom stereocenters. The van der Waals surface area contributed by atoms with Gasteiger partial charge < -0.3 is 5.11 Å². The Bertz CT molecular complexity index is 208. The highest BCUT2D eigenvalue weighted by molar-refractivity contribution is 5.02. The van der Waals surface area contributed by atoms with Crippen LogP contribution in [0.5, 0.6) is 5.88 Å². The first-order valence-corrected chi connectivity index (χ1v) is 4.05. The van der Waals surface area contributed by atoms with Gasteiger partial charge >= 0.3 is 0 Å². The van der Waals surface area contributed by atoms with Gasteiger partial charge in [-0.2, -0.15) is 0 Å². The van der Waals surface area contributed by atoms with Crippen LogP contribution in [-0.4, -0.2) is 14.9 Å². The summed E-state index contributed by atoms with van der Waals surface area (Å²) in [7, 11) is 0. The number of rotatable bonds is 4. The zero-order valence-corrected chi connectivity index (χ0v) is 6.82. The largest absolute Gasteiger partial charge is 0.492 e. The Morgan fingerprint density at radius 3 is 2.91 bits per heavy atom. The fraction of sp³-hybridized carbons (Fsp3) is 0.625. The zero-order valence-electron chi connectivity index (χ0n) is 6.82. The van der Waals surface area contributed by atoms with Gasteiger partial charge in [0.2, 0.25) is 5.88 Å². The van der Waals surface area contributed by atoms with Gasteiger partial charge in [0.1, 0.15) is 0 Å². The third-order valence-corrected chi connectivity index (χ3v) is 1.62. The molecule has 0 bridgehead atoms. The minimum Gasteiger partial charge on any atom is -0.492 e. The summed E-state index contributed by atoms with van der Waals surface area (Å²) in [6.45, 7) is 3.08. The van der Waals surface area contributed by atoms with Crippen LogP contribution in [0.1, 0.15) is 26.2 Å². The molecule has 0 saturated heterocycles. The van der Waals surface area contributed by atoms with Crippen LogP contribution in [-0.2, 0) is 6.54 Å². The Hall–Kier alpha value is -0.990. The van der Waals surface area contributed by atoms with Crippen LogP contribution in [0.3, 0.4) is 0 Å². The number of unbranched alkanes of at least 4 members (excludes halogenated alkanes) is 2. The molecule has 0 saturated carbocycles. The van der Waals surface area contributed by atoms with Crippen molar-refractivity contribution in [2.75, 3.05) is 0 Å². The maximum Gasteiger partial charge on any atom is 0.230 e. The first kappa shape index (κ1) is 8.11. The van der Waals surface area contributed by atoms with Gasteiger partial charge in [0.05, 0.1) is 0 Å². The standard InChI is InChI=1S/C8H14N2O/c1-2-3-4-6-10-7-5-8(11)9-10/h5,7H,2-4,6H2,1H3,(H,9,11). The van der Waals surface area contributed by atoms with Gasteiger partial charge in [-0.25, -0.2) is 0 Å². The van der Waals surface area contributed by atoms with E-state index in [0.29, 0.717) is 0 Å². The summed E-state index contributed by atoms with van der Waals surface area (Å²) in [6.07, 6.45) is 5.37. The van der Waals surface area contributed by atoms with Gasteiger partial charge in [0, 0.05) is 18.8 Å². The quantitative estimate of drug-likeness (QED) is 0.671. The molecule has 62 valence electrons. The van der Waals surface area contributed by atoms with E-state index in [2.05, 4.69) is 12.0 Å². The molecule has 3 heteroatoms. The van der Waals surface area contributed by atoms with E-state index in [0.717, 1.165) is 13.0 Å². The van der Waals surface area contributed by atoms with Crippen LogP contribution in [0.25, 0.3) is 0 Å². The Labute approximate surface area is 66.7 Å². The molecule has 0 spiro atoms. The smallest absolute Gasteiger partial charge is 0.230 e. The fourth-order valence-corrected chi connectivity index (χ4v) is 0.999. The third-order valence-electron chi connectivity index (χ3n) is 1.62. The van der Waals surface area contributed by atoms with E-state index in [1.165, 1.54) is 12.8 Å². The average molecular weight is 154 g/mol. The summed E-state index contributed by atoms with van der Waals surface area (Å²) in [5.41, 5.74) is 0. The van der Waals surface area contributed by atoms with E-state index < -0.39 is 0 Å². The predicted molar refractivity (Wildman–Crippen MR) is 43.4 cm³/mol. The van der Waals surface area contributed by atoms with Crippen molar-refractivity contribution in [2.24, 2.45) is 0 Å². The predicted octanol–water partition coefficient (Wildman–Crippen LogP) is 1.78. The number of aryl methyl sites for hydroxylation is 1. The Morgan fingerprint density at radius 2 is 2.36 bits per heavy atom. The molecule has 0 unspecified atom stereocenters. The highest BCUT2D eigenvalue weighted by Gasteiger charge is 1.93. The van der Waals surface area contributed by atoms with Crippen molar-refractivity contribution in [1.29, 1.82) is 0 Å². The summed E-state index contributed by atoms with van der Waals surface area (Å²) in [6, 6.07) is 1.60. The molecule has 1 heterocycles. The Morgan fingerprint density at radius 1 is 1.55 bits per heavy atom. The topological polar surface area (TPSA) is 38.0 Å². The van der Waals surface area contributed by atoms with E-state index in [-0.39, 0.29) is 5.88 Å². The summed E-state index contributed by atoms with van der Waals surface area (Å²) >= 11 is 0. The van der Waals surface area contributed by atoms with Gasteiger partial charge in [0.15, 0.2) is 0 Å². The fourth-order valence-electron chi connectivity index (χ4n) is 0.999. The van der Waals surface area contributed by atoms with Crippen LogP contribution in [0.2, 0.25) is 0 Å². The minimum absolute atomic E-state index is 0.112. The van der Waals surface area contributed by atoms with Crippen LogP contribution >= 0.6 is 0 Å². The van der Waals surface area contributed by atoms with E-state index >= 15 is 0 Å². The van der Waals surface area contributed by atoms with Gasteiger partial charge in [-0.1, -0.05) is 19.8 Å². The lowest BCUT2D eigenvalue weighted by Crippen LogP contribution is -1.97. The van der Waals surface area contributed by atoms with Gasteiger partial charge in [0.25, 0.3) is 0 Å². The lowest BCUT2D eigenvalue weighted by atomic mass is 10.2. The van der Waals surface area contributed by atoms with Crippen molar-refractivity contribution in [2.45, 2.75) is 32.7 Å². The van der Waals surface area contributed by atoms with Crippen LogP contribution in [0.15, 0.2) is 12.3 Å². The van der Waals surface area contributed by atoms with Crippen molar-refractivity contribution < 1.29 is 5.11 Å². The monoisotopic (exact) mass is 154 g/mol. The van der Waals surface area contributed by atoms with E-state index in [1.807, 2.05) is 0 Å². The molecule has 0 aliphatic rings. The molecule has 0 amide bonds. The number of aromatic hydroxyl groups is 1. The molecular weight excluding hydrogens is 140 g/mol. The first-order valence-electron chi connectivity index (χ1n) is 4.05. The second-order valence-electron chi connectivity index (χ2n) is 2.64. The Balaban J connectivity index is 2.27. The molecule has 11 heavy (non-hydrogen) atoms. The van der Waals surface area contributed by atoms with E-state index in [9.17, 15) is 0 Å². The molecule has 0 aliphatic carbocycles. The van der Waals surface area contributed by atoms with Crippen molar-refractivity contribution in [3.8, 4) is 5.88 Å². The second-order valence-corrected chi connectivity index (χ2v) is 2.64. The van der Waals surface area contributed by atoms with E-state index in [4.69, 9.17) is 5.11 Å². The maximum atomic E-state index is 8.88. The maximum absolute atomic E-state index is 8.88. The zero-order chi connectivity index (χ0) is 8.10. The molecule has 1 N–H and O–H groups in total. The first-order chi connectivity index (χ1) is 5.33. The lowest BCUT2D eigenvalue weighted by Gasteiger charge is -1.97. The van der Waals surface area contributed by atoms with Gasteiger partial charge in [-0.05, 0) is 6.42 Å². The van der Waals surface area contributed by atoms with Gasteiger partial charge in [-0.3, -0.25) is 4.68 Å². The molecule has 0 aromatic carbocycles. The molecule has 1 aromatic rings. The molecule has 0 fully saturated rings. The van der Waals surface area contributed by atoms with Crippen molar-refractivity contribution in [3.05, 3.63) is 12.3 Å². The van der Waals surface area contributed by atoms with Crippen molar-refractivity contribution >= 4 is 0 Å². The highest BCUT2D eigenvalue weighted by Crippen LogP contribution is 2.03. The highest BCUT2D eigenvalue weighted by atomic mass is 16.3. The SMILES string of the molecule is CCCCCn1ccc(O)n1. The van der Waals surface area contributed by atoms with E-state index in [1.54, 1.807) is 16.9 Å². The van der Waals surface area contributed by atoms with Crippen LogP contribution in [0.4, 0.5) is 0 Å². The average Bonchev–Trinajstić information content (AvgIpc) is 2.37. The summed E-state index contributed by atoms with van der Waals surface area (Å²) in [4.78, 5) is 0. The van der Waals surface area contributed by atoms with Crippen molar-refractivity contribution in [1.82, 2.24) is 9.78 Å². The van der Waals surface area contributed by atoms with Crippen LogP contribution < -0.4 is 0 Å². The summed E-state index contributed by atoms with van der Waals surface area (Å²) < 4.78 is 1.77. The van der Waals surface area contributed by atoms with Crippen LogP contribution in [0, 0.1) is 0 Å². The van der Waals surface area contributed by atoms with Gasteiger partial charge in [-0.15, -0.1) is 5.10 Å². The molecule has 1 aromatic heterocycles. The molecule has 0 aliphatic heterocycles. The molecule has 1 rings (SSSR count). The number of nitrogens with zero attached hydrogens (tertiary/aromatic N) is 2. The molecular formula is C8H14N2O. The third kappa shape index (κ3) is 2.62. The number of hydrogen-bond donors (Lipinski definition) is 1. The van der Waals surface area contributed by atoms with Crippen molar-refractivity contribution in [3.63, 3.8) is 0 Å². The lowest BCUT2D eigenvalue weighted by molar-refractivity contribution is 0.433. The number of aromatic nitrogens is 2. The Kier molecular flexibility index (Phi) is 2.95. The summed E-state index contributed by atoms with van der Waals surface area (Å²) in [5.74, 6) is 0.112.